The minimum atomic E-state index is -1.20. The Labute approximate surface area is 130 Å². The second kappa shape index (κ2) is 7.99. The number of benzene rings is 1. The topological polar surface area (TPSA) is 41.5 Å². The van der Waals surface area contributed by atoms with Crippen molar-refractivity contribution in [3.05, 3.63) is 35.4 Å². The van der Waals surface area contributed by atoms with Crippen molar-refractivity contribution in [2.45, 2.75) is 37.7 Å². The standard InChI is InChI=1S/C17H25F2NO2/c1-22-8-3-2-6-17(21,13-5-4-7-20-12-13)14-9-15(18)11-16(19)10-14/h9-11,13,20-21H,2-8,12H2,1H3/t13-,17+/m1/s1. The Morgan fingerprint density at radius 3 is 2.59 bits per heavy atom. The van der Waals surface area contributed by atoms with Crippen LogP contribution in [0.5, 0.6) is 0 Å². The van der Waals surface area contributed by atoms with Gasteiger partial charge in [0.1, 0.15) is 11.6 Å². The SMILES string of the molecule is COCCCC[C@@](O)(c1cc(F)cc(F)c1)[C@@H]1CCCNC1. The maximum absolute atomic E-state index is 13.6. The van der Waals surface area contributed by atoms with Crippen LogP contribution in [0.15, 0.2) is 18.2 Å². The van der Waals surface area contributed by atoms with E-state index in [2.05, 4.69) is 5.32 Å². The van der Waals surface area contributed by atoms with Crippen molar-refractivity contribution < 1.29 is 18.6 Å². The lowest BCUT2D eigenvalue weighted by molar-refractivity contribution is -0.0438. The lowest BCUT2D eigenvalue weighted by atomic mass is 9.74. The summed E-state index contributed by atoms with van der Waals surface area (Å²) in [6, 6.07) is 3.36. The predicted octanol–water partition coefficient (Wildman–Crippen LogP) is 2.97. The summed E-state index contributed by atoms with van der Waals surface area (Å²) in [4.78, 5) is 0. The quantitative estimate of drug-likeness (QED) is 0.761. The number of unbranched alkanes of at least 4 members (excludes halogenated alkanes) is 1. The number of hydrogen-bond donors (Lipinski definition) is 2. The van der Waals surface area contributed by atoms with Crippen LogP contribution in [0.25, 0.3) is 0 Å². The van der Waals surface area contributed by atoms with E-state index in [-0.39, 0.29) is 5.92 Å². The van der Waals surface area contributed by atoms with E-state index in [1.54, 1.807) is 7.11 Å². The van der Waals surface area contributed by atoms with Gasteiger partial charge in [-0.2, -0.15) is 0 Å². The molecule has 1 heterocycles. The first-order valence-electron chi connectivity index (χ1n) is 7.95. The molecule has 0 amide bonds. The Bertz CT molecular complexity index is 457. The van der Waals surface area contributed by atoms with E-state index < -0.39 is 17.2 Å². The summed E-state index contributed by atoms with van der Waals surface area (Å²) in [5.41, 5.74) is -0.861. The van der Waals surface area contributed by atoms with Crippen molar-refractivity contribution in [2.24, 2.45) is 5.92 Å². The molecular weight excluding hydrogens is 288 g/mol. The highest BCUT2D eigenvalue weighted by Gasteiger charge is 2.39. The fourth-order valence-electron chi connectivity index (χ4n) is 3.29. The summed E-state index contributed by atoms with van der Waals surface area (Å²) in [6.45, 7) is 2.21. The molecule has 5 heteroatoms. The molecular formula is C17H25F2NO2. The van der Waals surface area contributed by atoms with E-state index in [1.165, 1.54) is 12.1 Å². The van der Waals surface area contributed by atoms with E-state index in [4.69, 9.17) is 4.74 Å². The van der Waals surface area contributed by atoms with Gasteiger partial charge in [0, 0.05) is 32.2 Å². The Kier molecular flexibility index (Phi) is 6.29. The maximum Gasteiger partial charge on any atom is 0.126 e. The summed E-state index contributed by atoms with van der Waals surface area (Å²) in [5.74, 6) is -1.33. The third kappa shape index (κ3) is 4.24. The lowest BCUT2D eigenvalue weighted by Crippen LogP contribution is -2.44. The first kappa shape index (κ1) is 17.3. The molecule has 124 valence electrons. The zero-order valence-corrected chi connectivity index (χ0v) is 13.1. The van der Waals surface area contributed by atoms with Crippen molar-refractivity contribution in [3.63, 3.8) is 0 Å². The summed E-state index contributed by atoms with van der Waals surface area (Å²) in [7, 11) is 1.64. The molecule has 0 aliphatic carbocycles. The largest absolute Gasteiger partial charge is 0.385 e. The van der Waals surface area contributed by atoms with Crippen LogP contribution in [0.1, 0.15) is 37.7 Å². The molecule has 1 aliphatic heterocycles. The van der Waals surface area contributed by atoms with Gasteiger partial charge in [-0.15, -0.1) is 0 Å². The van der Waals surface area contributed by atoms with Crippen LogP contribution in [0, 0.1) is 17.6 Å². The summed E-state index contributed by atoms with van der Waals surface area (Å²) in [6.07, 6.45) is 3.86. The van der Waals surface area contributed by atoms with Gasteiger partial charge in [-0.3, -0.25) is 0 Å². The molecule has 22 heavy (non-hydrogen) atoms. The minimum absolute atomic E-state index is 0.0370. The Morgan fingerprint density at radius 2 is 2.00 bits per heavy atom. The zero-order valence-electron chi connectivity index (χ0n) is 13.1. The predicted molar refractivity (Wildman–Crippen MR) is 81.6 cm³/mol. The van der Waals surface area contributed by atoms with E-state index in [0.717, 1.165) is 38.3 Å². The second-order valence-corrected chi connectivity index (χ2v) is 6.08. The number of aliphatic hydroxyl groups is 1. The first-order valence-corrected chi connectivity index (χ1v) is 7.95. The monoisotopic (exact) mass is 313 g/mol. The third-order valence-corrected chi connectivity index (χ3v) is 4.49. The second-order valence-electron chi connectivity index (χ2n) is 6.08. The first-order chi connectivity index (χ1) is 10.6. The summed E-state index contributed by atoms with van der Waals surface area (Å²) >= 11 is 0. The van der Waals surface area contributed by atoms with E-state index in [1.807, 2.05) is 0 Å². The van der Waals surface area contributed by atoms with Gasteiger partial charge in [0.25, 0.3) is 0 Å². The molecule has 0 aromatic heterocycles. The van der Waals surface area contributed by atoms with Crippen molar-refractivity contribution in [1.29, 1.82) is 0 Å². The molecule has 1 saturated heterocycles. The fraction of sp³-hybridized carbons (Fsp3) is 0.647. The Hall–Kier alpha value is -1.04. The molecule has 1 fully saturated rings. The average Bonchev–Trinajstić information content (AvgIpc) is 2.51. The van der Waals surface area contributed by atoms with Crippen molar-refractivity contribution >= 4 is 0 Å². The normalized spacial score (nSPS) is 21.5. The number of piperidine rings is 1. The molecule has 3 nitrogen and oxygen atoms in total. The van der Waals surface area contributed by atoms with E-state index in [0.29, 0.717) is 25.1 Å². The Morgan fingerprint density at radius 1 is 1.27 bits per heavy atom. The highest BCUT2D eigenvalue weighted by atomic mass is 19.1. The van der Waals surface area contributed by atoms with Gasteiger partial charge in [-0.1, -0.05) is 0 Å². The fourth-order valence-corrected chi connectivity index (χ4v) is 3.29. The van der Waals surface area contributed by atoms with E-state index >= 15 is 0 Å². The van der Waals surface area contributed by atoms with Crippen LogP contribution in [-0.2, 0) is 10.3 Å². The maximum atomic E-state index is 13.6. The van der Waals surface area contributed by atoms with Crippen LogP contribution < -0.4 is 5.32 Å². The number of nitrogens with one attached hydrogen (secondary N) is 1. The highest BCUT2D eigenvalue weighted by Crippen LogP contribution is 2.38. The van der Waals surface area contributed by atoms with Gasteiger partial charge in [0.2, 0.25) is 0 Å². The molecule has 1 aromatic rings. The van der Waals surface area contributed by atoms with Crippen molar-refractivity contribution in [1.82, 2.24) is 5.32 Å². The van der Waals surface area contributed by atoms with Gasteiger partial charge in [-0.05, 0) is 56.3 Å². The summed E-state index contributed by atoms with van der Waals surface area (Å²) < 4.78 is 32.2. The molecule has 0 bridgehead atoms. The van der Waals surface area contributed by atoms with Crippen LogP contribution >= 0.6 is 0 Å². The number of halogens is 2. The molecule has 2 atom stereocenters. The van der Waals surface area contributed by atoms with Gasteiger partial charge in [0.15, 0.2) is 0 Å². The molecule has 0 radical (unpaired) electrons. The minimum Gasteiger partial charge on any atom is -0.385 e. The third-order valence-electron chi connectivity index (χ3n) is 4.49. The van der Waals surface area contributed by atoms with Crippen molar-refractivity contribution in [2.75, 3.05) is 26.8 Å². The van der Waals surface area contributed by atoms with Crippen LogP contribution in [0.4, 0.5) is 8.78 Å². The number of ether oxygens (including phenoxy) is 1. The Balaban J connectivity index is 2.22. The molecule has 0 unspecified atom stereocenters. The number of rotatable bonds is 7. The molecule has 1 aromatic carbocycles. The number of hydrogen-bond acceptors (Lipinski definition) is 3. The van der Waals surface area contributed by atoms with Gasteiger partial charge in [0.05, 0.1) is 5.60 Å². The summed E-state index contributed by atoms with van der Waals surface area (Å²) in [5, 5.41) is 14.5. The van der Waals surface area contributed by atoms with E-state index in [9.17, 15) is 13.9 Å². The molecule has 0 saturated carbocycles. The molecule has 1 aliphatic rings. The van der Waals surface area contributed by atoms with Gasteiger partial charge >= 0.3 is 0 Å². The van der Waals surface area contributed by atoms with Crippen LogP contribution in [-0.4, -0.2) is 31.9 Å². The highest BCUT2D eigenvalue weighted by molar-refractivity contribution is 5.25. The average molecular weight is 313 g/mol. The number of methoxy groups -OCH3 is 1. The van der Waals surface area contributed by atoms with Crippen molar-refractivity contribution in [3.8, 4) is 0 Å². The van der Waals surface area contributed by atoms with Crippen LogP contribution in [0.2, 0.25) is 0 Å². The molecule has 2 rings (SSSR count). The smallest absolute Gasteiger partial charge is 0.126 e. The molecule has 0 spiro atoms. The van der Waals surface area contributed by atoms with Gasteiger partial charge < -0.3 is 15.2 Å². The van der Waals surface area contributed by atoms with Gasteiger partial charge in [-0.25, -0.2) is 8.78 Å². The molecule has 2 N–H and O–H groups in total. The lowest BCUT2D eigenvalue weighted by Gasteiger charge is -2.39. The van der Waals surface area contributed by atoms with Crippen LogP contribution in [0.3, 0.4) is 0 Å². The zero-order chi connectivity index (χ0) is 16.0.